The molecule has 0 spiro atoms. The van der Waals surface area contributed by atoms with E-state index in [-0.39, 0.29) is 6.61 Å². The number of aromatic nitrogens is 2. The summed E-state index contributed by atoms with van der Waals surface area (Å²) in [6.07, 6.45) is 0.697. The molecule has 0 atom stereocenters. The van der Waals surface area contributed by atoms with Crippen molar-refractivity contribution in [1.29, 1.82) is 0 Å². The molecule has 2 rings (SSSR count). The third-order valence-electron chi connectivity index (χ3n) is 2.04. The van der Waals surface area contributed by atoms with E-state index < -0.39 is 0 Å². The molecule has 0 aromatic carbocycles. The Morgan fingerprint density at radius 1 is 1.47 bits per heavy atom. The van der Waals surface area contributed by atoms with Crippen molar-refractivity contribution < 1.29 is 14.3 Å². The lowest BCUT2D eigenvalue weighted by atomic mass is 10.4. The van der Waals surface area contributed by atoms with Crippen LogP contribution in [0.15, 0.2) is 0 Å². The van der Waals surface area contributed by atoms with E-state index in [0.717, 1.165) is 24.8 Å². The molecule has 1 fully saturated rings. The minimum atomic E-state index is 0.0166. The zero-order chi connectivity index (χ0) is 10.5. The van der Waals surface area contributed by atoms with E-state index in [0.29, 0.717) is 31.2 Å². The summed E-state index contributed by atoms with van der Waals surface area (Å²) in [4.78, 5) is 12.2. The van der Waals surface area contributed by atoms with Crippen molar-refractivity contribution >= 4 is 23.8 Å². The summed E-state index contributed by atoms with van der Waals surface area (Å²) in [5.74, 6) is 1.15. The quantitative estimate of drug-likeness (QED) is 0.675. The first kappa shape index (κ1) is 10.3. The second-order valence-corrected chi connectivity index (χ2v) is 3.50. The fraction of sp³-hybridized carbons (Fsp3) is 0.625. The van der Waals surface area contributed by atoms with Crippen molar-refractivity contribution in [2.24, 2.45) is 0 Å². The van der Waals surface area contributed by atoms with E-state index in [1.165, 1.54) is 0 Å². The van der Waals surface area contributed by atoms with Crippen LogP contribution in [0.25, 0.3) is 0 Å². The van der Waals surface area contributed by atoms with Crippen molar-refractivity contribution in [3.63, 3.8) is 0 Å². The van der Waals surface area contributed by atoms with E-state index in [9.17, 15) is 4.79 Å². The Hall–Kier alpha value is -1.21. The van der Waals surface area contributed by atoms with Gasteiger partial charge in [0.2, 0.25) is 5.82 Å². The van der Waals surface area contributed by atoms with Crippen molar-refractivity contribution in [2.45, 2.75) is 0 Å². The average Bonchev–Trinajstić information content (AvgIpc) is 2.75. The molecule has 0 aliphatic carbocycles. The van der Waals surface area contributed by atoms with Crippen LogP contribution in [0.4, 0.5) is 5.82 Å². The zero-order valence-corrected chi connectivity index (χ0v) is 8.90. The number of carbonyl (C=O) groups is 1. The molecule has 0 radical (unpaired) electrons. The molecule has 1 aliphatic rings. The number of hydrogen-bond acceptors (Lipinski definition) is 7. The Labute approximate surface area is 91.1 Å². The SMILES string of the molecule is O=CCOc1nsnc1N1CCOCC1. The summed E-state index contributed by atoms with van der Waals surface area (Å²) in [5.41, 5.74) is 0. The maximum Gasteiger partial charge on any atom is 0.271 e. The normalized spacial score (nSPS) is 16.4. The topological polar surface area (TPSA) is 64.5 Å². The van der Waals surface area contributed by atoms with E-state index in [1.54, 1.807) is 0 Å². The highest BCUT2D eigenvalue weighted by molar-refractivity contribution is 6.99. The number of anilines is 1. The summed E-state index contributed by atoms with van der Waals surface area (Å²) >= 11 is 1.09. The number of ether oxygens (including phenoxy) is 2. The highest BCUT2D eigenvalue weighted by atomic mass is 32.1. The molecule has 0 N–H and O–H groups in total. The molecule has 1 aliphatic heterocycles. The third-order valence-corrected chi connectivity index (χ3v) is 2.54. The van der Waals surface area contributed by atoms with Gasteiger partial charge in [0.25, 0.3) is 5.88 Å². The first-order valence-corrected chi connectivity index (χ1v) is 5.36. The monoisotopic (exact) mass is 229 g/mol. The molecule has 0 amide bonds. The fourth-order valence-electron chi connectivity index (χ4n) is 1.35. The maximum absolute atomic E-state index is 10.2. The minimum absolute atomic E-state index is 0.0166. The van der Waals surface area contributed by atoms with E-state index in [1.807, 2.05) is 4.90 Å². The van der Waals surface area contributed by atoms with Gasteiger partial charge >= 0.3 is 0 Å². The van der Waals surface area contributed by atoms with Gasteiger partial charge in [0, 0.05) is 13.1 Å². The van der Waals surface area contributed by atoms with Crippen LogP contribution in [0.3, 0.4) is 0 Å². The second kappa shape index (κ2) is 5.04. The summed E-state index contributed by atoms with van der Waals surface area (Å²) in [5, 5.41) is 0. The highest BCUT2D eigenvalue weighted by Crippen LogP contribution is 2.25. The Morgan fingerprint density at radius 3 is 3.00 bits per heavy atom. The zero-order valence-electron chi connectivity index (χ0n) is 8.09. The molecule has 1 aromatic heterocycles. The summed E-state index contributed by atoms with van der Waals surface area (Å²) in [6.45, 7) is 2.95. The number of rotatable bonds is 4. The van der Waals surface area contributed by atoms with Crippen molar-refractivity contribution in [1.82, 2.24) is 8.75 Å². The summed E-state index contributed by atoms with van der Waals surface area (Å²) in [6, 6.07) is 0. The molecular weight excluding hydrogens is 218 g/mol. The van der Waals surface area contributed by atoms with Gasteiger partial charge in [0.05, 0.1) is 24.9 Å². The fourth-order valence-corrected chi connectivity index (χ4v) is 1.87. The van der Waals surface area contributed by atoms with Crippen LogP contribution in [0.1, 0.15) is 0 Å². The Kier molecular flexibility index (Phi) is 3.46. The number of nitrogens with zero attached hydrogens (tertiary/aromatic N) is 3. The van der Waals surface area contributed by atoms with E-state index in [4.69, 9.17) is 9.47 Å². The van der Waals surface area contributed by atoms with Crippen molar-refractivity contribution in [2.75, 3.05) is 37.8 Å². The van der Waals surface area contributed by atoms with Gasteiger partial charge < -0.3 is 14.4 Å². The molecule has 82 valence electrons. The van der Waals surface area contributed by atoms with Crippen LogP contribution in [0, 0.1) is 0 Å². The van der Waals surface area contributed by atoms with Gasteiger partial charge in [-0.1, -0.05) is 0 Å². The number of carbonyl (C=O) groups excluding carboxylic acids is 1. The van der Waals surface area contributed by atoms with Gasteiger partial charge in [-0.05, 0) is 0 Å². The second-order valence-electron chi connectivity index (χ2n) is 2.97. The highest BCUT2D eigenvalue weighted by Gasteiger charge is 2.19. The molecule has 15 heavy (non-hydrogen) atoms. The Balaban J connectivity index is 2.05. The van der Waals surface area contributed by atoms with Crippen LogP contribution >= 0.6 is 11.7 Å². The Bertz CT molecular complexity index is 325. The lowest BCUT2D eigenvalue weighted by Gasteiger charge is -2.26. The molecule has 6 nitrogen and oxygen atoms in total. The lowest BCUT2D eigenvalue weighted by Crippen LogP contribution is -2.36. The van der Waals surface area contributed by atoms with Crippen LogP contribution < -0.4 is 9.64 Å². The molecule has 0 bridgehead atoms. The summed E-state index contributed by atoms with van der Waals surface area (Å²) in [7, 11) is 0. The molecule has 1 saturated heterocycles. The largest absolute Gasteiger partial charge is 0.467 e. The molecule has 2 heterocycles. The summed E-state index contributed by atoms with van der Waals surface area (Å²) < 4.78 is 18.5. The van der Waals surface area contributed by atoms with Crippen molar-refractivity contribution in [3.8, 4) is 5.88 Å². The van der Waals surface area contributed by atoms with Crippen LogP contribution in [0.2, 0.25) is 0 Å². The standard InChI is InChI=1S/C8H11N3O3S/c12-3-6-14-8-7(9-15-10-8)11-1-4-13-5-2-11/h3H,1-2,4-6H2. The van der Waals surface area contributed by atoms with Gasteiger partial charge in [-0.15, -0.1) is 4.37 Å². The van der Waals surface area contributed by atoms with Gasteiger partial charge in [-0.2, -0.15) is 4.37 Å². The maximum atomic E-state index is 10.2. The van der Waals surface area contributed by atoms with Crippen LogP contribution in [-0.2, 0) is 9.53 Å². The van der Waals surface area contributed by atoms with Crippen molar-refractivity contribution in [3.05, 3.63) is 0 Å². The predicted molar refractivity (Wildman–Crippen MR) is 54.5 cm³/mol. The van der Waals surface area contributed by atoms with Gasteiger partial charge in [0.15, 0.2) is 6.29 Å². The van der Waals surface area contributed by atoms with Gasteiger partial charge in [-0.25, -0.2) is 0 Å². The molecule has 7 heteroatoms. The smallest absolute Gasteiger partial charge is 0.271 e. The van der Waals surface area contributed by atoms with Gasteiger partial charge in [0.1, 0.15) is 6.61 Å². The number of morpholine rings is 1. The van der Waals surface area contributed by atoms with Crippen LogP contribution in [0.5, 0.6) is 5.88 Å². The first-order chi connectivity index (χ1) is 7.42. The lowest BCUT2D eigenvalue weighted by molar-refractivity contribution is -0.109. The number of hydrogen-bond donors (Lipinski definition) is 0. The van der Waals surface area contributed by atoms with Crippen LogP contribution in [-0.4, -0.2) is 47.9 Å². The molecular formula is C8H11N3O3S. The Morgan fingerprint density at radius 2 is 2.27 bits per heavy atom. The first-order valence-electron chi connectivity index (χ1n) is 4.63. The number of aldehydes is 1. The molecule has 1 aromatic rings. The molecule has 0 saturated carbocycles. The van der Waals surface area contributed by atoms with Gasteiger partial charge in [-0.3, -0.25) is 4.79 Å². The predicted octanol–water partition coefficient (Wildman–Crippen LogP) is -0.0476. The average molecular weight is 229 g/mol. The minimum Gasteiger partial charge on any atom is -0.467 e. The molecule has 0 unspecified atom stereocenters. The van der Waals surface area contributed by atoms with E-state index in [2.05, 4.69) is 8.75 Å². The van der Waals surface area contributed by atoms with E-state index >= 15 is 0 Å². The third kappa shape index (κ3) is 2.42.